The fourth-order valence-electron chi connectivity index (χ4n) is 1.53. The van der Waals surface area contributed by atoms with Gasteiger partial charge in [-0.05, 0) is 37.8 Å². The van der Waals surface area contributed by atoms with Gasteiger partial charge in [-0.2, -0.15) is 0 Å². The number of aryl methyl sites for hydroxylation is 1. The third-order valence-corrected chi connectivity index (χ3v) is 3.06. The molecule has 4 heteroatoms. The van der Waals surface area contributed by atoms with E-state index in [-0.39, 0.29) is 12.5 Å². The maximum absolute atomic E-state index is 11.8. The average Bonchev–Trinajstić information content (AvgIpc) is 2.32. The molecule has 0 heterocycles. The second-order valence-electron chi connectivity index (χ2n) is 3.98. The standard InChI is InChI=1S/C13H18ClNO2/c1-10-6-5-7-11(12(10)14)13(17)15-8-3-2-4-9-16/h5-7,16H,2-4,8-9H2,1H3,(H,15,17). The molecule has 0 aromatic heterocycles. The Labute approximate surface area is 107 Å². The molecule has 0 aliphatic heterocycles. The molecule has 0 saturated heterocycles. The second-order valence-corrected chi connectivity index (χ2v) is 4.35. The van der Waals surface area contributed by atoms with E-state index in [9.17, 15) is 4.79 Å². The highest BCUT2D eigenvalue weighted by atomic mass is 35.5. The number of carbonyl (C=O) groups is 1. The largest absolute Gasteiger partial charge is 0.396 e. The Bertz CT molecular complexity index is 380. The van der Waals surface area contributed by atoms with Crippen LogP contribution in [0.25, 0.3) is 0 Å². The van der Waals surface area contributed by atoms with Crippen LogP contribution in [0.15, 0.2) is 18.2 Å². The van der Waals surface area contributed by atoms with E-state index in [2.05, 4.69) is 5.32 Å². The molecule has 1 aromatic carbocycles. The highest BCUT2D eigenvalue weighted by molar-refractivity contribution is 6.34. The Morgan fingerprint density at radius 3 is 2.82 bits per heavy atom. The molecule has 1 rings (SSSR count). The zero-order chi connectivity index (χ0) is 12.7. The number of aliphatic hydroxyl groups is 1. The molecular weight excluding hydrogens is 238 g/mol. The number of aliphatic hydroxyl groups excluding tert-OH is 1. The molecule has 17 heavy (non-hydrogen) atoms. The monoisotopic (exact) mass is 255 g/mol. The summed E-state index contributed by atoms with van der Waals surface area (Å²) in [7, 11) is 0. The second kappa shape index (κ2) is 7.30. The molecule has 1 aromatic rings. The minimum absolute atomic E-state index is 0.136. The molecule has 0 spiro atoms. The van der Waals surface area contributed by atoms with Gasteiger partial charge in [0, 0.05) is 13.2 Å². The molecular formula is C13H18ClNO2. The summed E-state index contributed by atoms with van der Waals surface area (Å²) in [5, 5.41) is 12.0. The summed E-state index contributed by atoms with van der Waals surface area (Å²) in [6, 6.07) is 5.42. The molecule has 0 fully saturated rings. The molecule has 0 aliphatic rings. The fraction of sp³-hybridized carbons (Fsp3) is 0.462. The van der Waals surface area contributed by atoms with Crippen molar-refractivity contribution >= 4 is 17.5 Å². The summed E-state index contributed by atoms with van der Waals surface area (Å²) in [4.78, 5) is 11.8. The van der Waals surface area contributed by atoms with Crippen molar-refractivity contribution in [2.75, 3.05) is 13.2 Å². The summed E-state index contributed by atoms with van der Waals surface area (Å²) >= 11 is 6.06. The van der Waals surface area contributed by atoms with Crippen LogP contribution in [0.2, 0.25) is 5.02 Å². The predicted octanol–water partition coefficient (Wildman–Crippen LogP) is 2.54. The normalized spacial score (nSPS) is 10.3. The summed E-state index contributed by atoms with van der Waals surface area (Å²) < 4.78 is 0. The predicted molar refractivity (Wildman–Crippen MR) is 69.5 cm³/mol. The van der Waals surface area contributed by atoms with Gasteiger partial charge >= 0.3 is 0 Å². The smallest absolute Gasteiger partial charge is 0.252 e. The van der Waals surface area contributed by atoms with Crippen LogP contribution in [0.5, 0.6) is 0 Å². The van der Waals surface area contributed by atoms with Crippen molar-refractivity contribution in [3.63, 3.8) is 0 Å². The van der Waals surface area contributed by atoms with Crippen molar-refractivity contribution in [1.82, 2.24) is 5.32 Å². The van der Waals surface area contributed by atoms with Crippen LogP contribution in [0.4, 0.5) is 0 Å². The lowest BCUT2D eigenvalue weighted by Gasteiger charge is -2.07. The maximum atomic E-state index is 11.8. The van der Waals surface area contributed by atoms with Gasteiger partial charge in [0.15, 0.2) is 0 Å². The fourth-order valence-corrected chi connectivity index (χ4v) is 1.75. The van der Waals surface area contributed by atoms with Crippen molar-refractivity contribution in [2.24, 2.45) is 0 Å². The van der Waals surface area contributed by atoms with E-state index in [0.29, 0.717) is 17.1 Å². The van der Waals surface area contributed by atoms with E-state index >= 15 is 0 Å². The highest BCUT2D eigenvalue weighted by Gasteiger charge is 2.10. The van der Waals surface area contributed by atoms with Crippen LogP contribution in [0, 0.1) is 6.92 Å². The van der Waals surface area contributed by atoms with Crippen molar-refractivity contribution < 1.29 is 9.90 Å². The molecule has 3 nitrogen and oxygen atoms in total. The van der Waals surface area contributed by atoms with Crippen molar-refractivity contribution in [3.05, 3.63) is 34.3 Å². The zero-order valence-corrected chi connectivity index (χ0v) is 10.8. The van der Waals surface area contributed by atoms with Crippen molar-refractivity contribution in [1.29, 1.82) is 0 Å². The minimum Gasteiger partial charge on any atom is -0.396 e. The Hall–Kier alpha value is -1.06. The van der Waals surface area contributed by atoms with Gasteiger partial charge < -0.3 is 10.4 Å². The first-order valence-electron chi connectivity index (χ1n) is 5.81. The number of unbranched alkanes of at least 4 members (excludes halogenated alkanes) is 2. The molecule has 0 radical (unpaired) electrons. The lowest BCUT2D eigenvalue weighted by molar-refractivity contribution is 0.0953. The Morgan fingerprint density at radius 2 is 2.12 bits per heavy atom. The SMILES string of the molecule is Cc1cccc(C(=O)NCCCCCO)c1Cl. The van der Waals surface area contributed by atoms with Gasteiger partial charge in [0.2, 0.25) is 0 Å². The third-order valence-electron chi connectivity index (χ3n) is 2.56. The first kappa shape index (κ1) is 14.0. The summed E-state index contributed by atoms with van der Waals surface area (Å²) in [6.45, 7) is 2.70. The number of hydrogen-bond acceptors (Lipinski definition) is 2. The maximum Gasteiger partial charge on any atom is 0.252 e. The van der Waals surface area contributed by atoms with Gasteiger partial charge in [-0.25, -0.2) is 0 Å². The van der Waals surface area contributed by atoms with Gasteiger partial charge in [0.05, 0.1) is 10.6 Å². The van der Waals surface area contributed by atoms with E-state index in [1.54, 1.807) is 6.07 Å². The van der Waals surface area contributed by atoms with E-state index in [4.69, 9.17) is 16.7 Å². The summed E-state index contributed by atoms with van der Waals surface area (Å²) in [6.07, 6.45) is 2.56. The molecule has 0 bridgehead atoms. The number of halogens is 1. The van der Waals surface area contributed by atoms with E-state index in [1.807, 2.05) is 19.1 Å². The van der Waals surface area contributed by atoms with Gasteiger partial charge in [-0.1, -0.05) is 23.7 Å². The van der Waals surface area contributed by atoms with Gasteiger partial charge in [0.1, 0.15) is 0 Å². The van der Waals surface area contributed by atoms with Gasteiger partial charge in [0.25, 0.3) is 5.91 Å². The quantitative estimate of drug-likeness (QED) is 0.768. The Balaban J connectivity index is 2.44. The van der Waals surface area contributed by atoms with Crippen LogP contribution in [0.1, 0.15) is 35.2 Å². The molecule has 94 valence electrons. The molecule has 1 amide bonds. The zero-order valence-electron chi connectivity index (χ0n) is 10.0. The van der Waals surface area contributed by atoms with Crippen LogP contribution < -0.4 is 5.32 Å². The minimum atomic E-state index is -0.136. The lowest BCUT2D eigenvalue weighted by Crippen LogP contribution is -2.24. The highest BCUT2D eigenvalue weighted by Crippen LogP contribution is 2.19. The van der Waals surface area contributed by atoms with Crippen molar-refractivity contribution in [3.8, 4) is 0 Å². The summed E-state index contributed by atoms with van der Waals surface area (Å²) in [5.74, 6) is -0.136. The van der Waals surface area contributed by atoms with Crippen LogP contribution in [-0.2, 0) is 0 Å². The Morgan fingerprint density at radius 1 is 1.35 bits per heavy atom. The number of nitrogens with one attached hydrogen (secondary N) is 1. The first-order chi connectivity index (χ1) is 8.16. The van der Waals surface area contributed by atoms with E-state index < -0.39 is 0 Å². The third kappa shape index (κ3) is 4.36. The van der Waals surface area contributed by atoms with Gasteiger partial charge in [-0.15, -0.1) is 0 Å². The molecule has 0 atom stereocenters. The summed E-state index contributed by atoms with van der Waals surface area (Å²) in [5.41, 5.74) is 1.42. The first-order valence-corrected chi connectivity index (χ1v) is 6.18. The van der Waals surface area contributed by atoms with Crippen LogP contribution >= 0.6 is 11.6 Å². The lowest BCUT2D eigenvalue weighted by atomic mass is 10.1. The van der Waals surface area contributed by atoms with Crippen LogP contribution in [-0.4, -0.2) is 24.2 Å². The van der Waals surface area contributed by atoms with Crippen molar-refractivity contribution in [2.45, 2.75) is 26.2 Å². The Kier molecular flexibility index (Phi) is 6.01. The molecule has 0 aliphatic carbocycles. The topological polar surface area (TPSA) is 49.3 Å². The number of carbonyl (C=O) groups excluding carboxylic acids is 1. The van der Waals surface area contributed by atoms with E-state index in [1.165, 1.54) is 0 Å². The number of hydrogen-bond donors (Lipinski definition) is 2. The van der Waals surface area contributed by atoms with Gasteiger partial charge in [-0.3, -0.25) is 4.79 Å². The van der Waals surface area contributed by atoms with Crippen LogP contribution in [0.3, 0.4) is 0 Å². The molecule has 0 saturated carbocycles. The number of benzene rings is 1. The number of amides is 1. The average molecular weight is 256 g/mol. The molecule has 2 N–H and O–H groups in total. The molecule has 0 unspecified atom stereocenters. The van der Waals surface area contributed by atoms with E-state index in [0.717, 1.165) is 24.8 Å². The number of rotatable bonds is 6.